The fourth-order valence-electron chi connectivity index (χ4n) is 5.30. The molecule has 0 amide bonds. The topological polar surface area (TPSA) is 4.93 Å². The molecular weight excluding hydrogens is 478 g/mol. The quantitative estimate of drug-likeness (QED) is 0.206. The van der Waals surface area contributed by atoms with Gasteiger partial charge in [0.1, 0.15) is 0 Å². The second-order valence-electron chi connectivity index (χ2n) is 9.44. The van der Waals surface area contributed by atoms with Crippen LogP contribution in [0.1, 0.15) is 16.7 Å². The zero-order valence-corrected chi connectivity index (χ0v) is 21.6. The lowest BCUT2D eigenvalue weighted by molar-refractivity contribution is 1.18. The van der Waals surface area contributed by atoms with Gasteiger partial charge in [-0.25, -0.2) is 0 Å². The van der Waals surface area contributed by atoms with E-state index in [0.29, 0.717) is 0 Å². The number of benzene rings is 5. The monoisotopic (exact) mass is 503 g/mol. The number of para-hydroxylation sites is 1. The smallest absolute Gasteiger partial charge is 0.0541 e. The molecular formula is C36H25NS. The van der Waals surface area contributed by atoms with Gasteiger partial charge in [0.25, 0.3) is 0 Å². The highest BCUT2D eigenvalue weighted by Crippen LogP contribution is 2.36. The Morgan fingerprint density at radius 3 is 1.89 bits per heavy atom. The van der Waals surface area contributed by atoms with Crippen LogP contribution in [0.4, 0.5) is 0 Å². The van der Waals surface area contributed by atoms with Gasteiger partial charge in [-0.3, -0.25) is 0 Å². The van der Waals surface area contributed by atoms with E-state index in [0.717, 1.165) is 5.69 Å². The molecule has 0 spiro atoms. The molecule has 0 N–H and O–H groups in total. The lowest BCUT2D eigenvalue weighted by atomic mass is 9.96. The Morgan fingerprint density at radius 1 is 0.553 bits per heavy atom. The molecule has 0 radical (unpaired) electrons. The maximum atomic E-state index is 2.38. The predicted octanol–water partition coefficient (Wildman–Crippen LogP) is 10.1. The van der Waals surface area contributed by atoms with Gasteiger partial charge in [0.15, 0.2) is 0 Å². The van der Waals surface area contributed by atoms with E-state index in [2.05, 4.69) is 156 Å². The second kappa shape index (κ2) is 9.66. The van der Waals surface area contributed by atoms with Crippen molar-refractivity contribution in [1.29, 1.82) is 0 Å². The van der Waals surface area contributed by atoms with Gasteiger partial charge in [-0.05, 0) is 75.7 Å². The van der Waals surface area contributed by atoms with Crippen molar-refractivity contribution in [2.45, 2.75) is 0 Å². The summed E-state index contributed by atoms with van der Waals surface area (Å²) in [4.78, 5) is 1.30. The molecule has 7 aromatic rings. The average molecular weight is 504 g/mol. The van der Waals surface area contributed by atoms with Crippen LogP contribution in [0.25, 0.3) is 49.6 Å². The molecule has 2 heteroatoms. The third kappa shape index (κ3) is 4.06. The SMILES string of the molecule is C(=C(c1ccccc1)c1ccccc1)c1ccc(-n2c3ccccc3c3cc(-c4cccs4)ccc32)cc1. The van der Waals surface area contributed by atoms with Crippen LogP contribution in [0.15, 0.2) is 145 Å². The molecule has 0 saturated carbocycles. The van der Waals surface area contributed by atoms with Crippen molar-refractivity contribution in [3.8, 4) is 16.1 Å². The Hall–Kier alpha value is -4.66. The lowest BCUT2D eigenvalue weighted by Crippen LogP contribution is -1.94. The first-order valence-electron chi connectivity index (χ1n) is 12.9. The fourth-order valence-corrected chi connectivity index (χ4v) is 6.03. The van der Waals surface area contributed by atoms with Crippen LogP contribution in [-0.2, 0) is 0 Å². The number of hydrogen-bond acceptors (Lipinski definition) is 1. The normalized spacial score (nSPS) is 11.2. The van der Waals surface area contributed by atoms with Crippen LogP contribution in [0.2, 0.25) is 0 Å². The van der Waals surface area contributed by atoms with Crippen molar-refractivity contribution in [2.75, 3.05) is 0 Å². The zero-order chi connectivity index (χ0) is 25.3. The molecule has 0 bridgehead atoms. The fraction of sp³-hybridized carbons (Fsp3) is 0. The van der Waals surface area contributed by atoms with Gasteiger partial charge in [-0.15, -0.1) is 11.3 Å². The Bertz CT molecular complexity index is 1830. The van der Waals surface area contributed by atoms with E-state index in [9.17, 15) is 0 Å². The first-order valence-corrected chi connectivity index (χ1v) is 13.7. The third-order valence-electron chi connectivity index (χ3n) is 7.11. The molecule has 1 nitrogen and oxygen atoms in total. The van der Waals surface area contributed by atoms with E-state index in [1.54, 1.807) is 11.3 Å². The minimum Gasteiger partial charge on any atom is -0.309 e. The Labute approximate surface area is 226 Å². The van der Waals surface area contributed by atoms with Crippen LogP contribution in [0.3, 0.4) is 0 Å². The Kier molecular flexibility index (Phi) is 5.73. The summed E-state index contributed by atoms with van der Waals surface area (Å²) in [5.74, 6) is 0. The van der Waals surface area contributed by atoms with Crippen molar-refractivity contribution in [1.82, 2.24) is 4.57 Å². The summed E-state index contributed by atoms with van der Waals surface area (Å²) in [6.07, 6.45) is 2.29. The van der Waals surface area contributed by atoms with E-state index in [1.807, 2.05) is 0 Å². The van der Waals surface area contributed by atoms with Crippen molar-refractivity contribution in [3.63, 3.8) is 0 Å². The maximum absolute atomic E-state index is 2.38. The van der Waals surface area contributed by atoms with Gasteiger partial charge in [0, 0.05) is 21.3 Å². The van der Waals surface area contributed by atoms with E-state index in [-0.39, 0.29) is 0 Å². The summed E-state index contributed by atoms with van der Waals surface area (Å²) in [5, 5.41) is 4.70. The first-order chi connectivity index (χ1) is 18.8. The zero-order valence-electron chi connectivity index (χ0n) is 20.8. The largest absolute Gasteiger partial charge is 0.309 e. The van der Waals surface area contributed by atoms with Gasteiger partial charge >= 0.3 is 0 Å². The standard InChI is InChI=1S/C36H25NS/c1-3-10-27(11-4-1)32(28-12-5-2-6-13-28)24-26-17-20-30(21-18-26)37-34-15-8-7-14-31(34)33-25-29(19-22-35(33)37)36-16-9-23-38-36/h1-25H. The number of thiophene rings is 1. The lowest BCUT2D eigenvalue weighted by Gasteiger charge is -2.11. The molecule has 7 rings (SSSR count). The maximum Gasteiger partial charge on any atom is 0.0541 e. The molecule has 0 fully saturated rings. The summed E-state index contributed by atoms with van der Waals surface area (Å²) >= 11 is 1.78. The highest BCUT2D eigenvalue weighted by Gasteiger charge is 2.13. The highest BCUT2D eigenvalue weighted by molar-refractivity contribution is 7.13. The molecule has 5 aromatic carbocycles. The van der Waals surface area contributed by atoms with E-state index in [4.69, 9.17) is 0 Å². The number of nitrogens with zero attached hydrogens (tertiary/aromatic N) is 1. The van der Waals surface area contributed by atoms with Crippen LogP contribution >= 0.6 is 11.3 Å². The number of rotatable bonds is 5. The molecule has 2 heterocycles. The van der Waals surface area contributed by atoms with Gasteiger partial charge < -0.3 is 4.57 Å². The summed E-state index contributed by atoms with van der Waals surface area (Å²) in [7, 11) is 0. The summed E-state index contributed by atoms with van der Waals surface area (Å²) < 4.78 is 2.38. The molecule has 0 atom stereocenters. The number of aromatic nitrogens is 1. The Balaban J connectivity index is 1.34. The predicted molar refractivity (Wildman–Crippen MR) is 164 cm³/mol. The van der Waals surface area contributed by atoms with Crippen LogP contribution < -0.4 is 0 Å². The van der Waals surface area contributed by atoms with Crippen molar-refractivity contribution < 1.29 is 0 Å². The van der Waals surface area contributed by atoms with Crippen molar-refractivity contribution in [3.05, 3.63) is 162 Å². The summed E-state index contributed by atoms with van der Waals surface area (Å²) in [5.41, 5.74) is 9.71. The van der Waals surface area contributed by atoms with E-state index < -0.39 is 0 Å². The molecule has 0 aliphatic heterocycles. The van der Waals surface area contributed by atoms with Gasteiger partial charge in [0.2, 0.25) is 0 Å². The van der Waals surface area contributed by atoms with Gasteiger partial charge in [0.05, 0.1) is 11.0 Å². The van der Waals surface area contributed by atoms with Gasteiger partial charge in [-0.1, -0.05) is 103 Å². The highest BCUT2D eigenvalue weighted by atomic mass is 32.1. The van der Waals surface area contributed by atoms with Gasteiger partial charge in [-0.2, -0.15) is 0 Å². The number of hydrogen-bond donors (Lipinski definition) is 0. The van der Waals surface area contributed by atoms with Crippen molar-refractivity contribution >= 4 is 44.8 Å². The minimum atomic E-state index is 1.16. The molecule has 0 aliphatic carbocycles. The van der Waals surface area contributed by atoms with Crippen LogP contribution in [0, 0.1) is 0 Å². The molecule has 2 aromatic heterocycles. The van der Waals surface area contributed by atoms with Crippen molar-refractivity contribution in [2.24, 2.45) is 0 Å². The van der Waals surface area contributed by atoms with E-state index in [1.165, 1.54) is 54.5 Å². The van der Waals surface area contributed by atoms with Crippen LogP contribution in [-0.4, -0.2) is 4.57 Å². The molecule has 0 aliphatic rings. The molecule has 180 valence electrons. The first kappa shape index (κ1) is 22.5. The summed E-state index contributed by atoms with van der Waals surface area (Å²) in [6, 6.07) is 50.0. The number of fused-ring (bicyclic) bond motifs is 3. The van der Waals surface area contributed by atoms with E-state index >= 15 is 0 Å². The molecule has 0 unspecified atom stereocenters. The van der Waals surface area contributed by atoms with Crippen LogP contribution in [0.5, 0.6) is 0 Å². The third-order valence-corrected chi connectivity index (χ3v) is 8.03. The second-order valence-corrected chi connectivity index (χ2v) is 10.4. The minimum absolute atomic E-state index is 1.16. The molecule has 38 heavy (non-hydrogen) atoms. The average Bonchev–Trinajstić information content (AvgIpc) is 3.64. The summed E-state index contributed by atoms with van der Waals surface area (Å²) in [6.45, 7) is 0. The molecule has 0 saturated heterocycles. The Morgan fingerprint density at radius 2 is 1.21 bits per heavy atom.